The van der Waals surface area contributed by atoms with Crippen LogP contribution in [0.1, 0.15) is 25.7 Å². The number of hydrogen-bond donors (Lipinski definition) is 1. The van der Waals surface area contributed by atoms with E-state index in [9.17, 15) is 40.0 Å². The molecule has 1 saturated heterocycles. The Morgan fingerprint density at radius 3 is 2.43 bits per heavy atom. The largest absolute Gasteiger partial charge is 0.484 e. The predicted octanol–water partition coefficient (Wildman–Crippen LogP) is 3.42. The van der Waals surface area contributed by atoms with Crippen LogP contribution in [-0.4, -0.2) is 67.6 Å². The smallest absolute Gasteiger partial charge is 0.422 e. The van der Waals surface area contributed by atoms with Crippen molar-refractivity contribution in [3.05, 3.63) is 23.2 Å². The first kappa shape index (κ1) is 27.2. The lowest BCUT2D eigenvalue weighted by Gasteiger charge is -2.25. The lowest BCUT2D eigenvalue weighted by atomic mass is 10.3. The molecule has 1 aliphatic heterocycles. The molecule has 0 radical (unpaired) electrons. The normalized spacial score (nSPS) is 25.6. The minimum absolute atomic E-state index is 0.343. The molecule has 202 valence electrons. The Balaban J connectivity index is 1.53. The van der Waals surface area contributed by atoms with E-state index in [2.05, 4.69) is 10.1 Å². The van der Waals surface area contributed by atoms with E-state index in [-0.39, 0.29) is 5.75 Å². The van der Waals surface area contributed by atoms with Gasteiger partial charge in [0.05, 0.1) is 21.2 Å². The number of hydrogen-bond acceptors (Lipinski definition) is 7. The van der Waals surface area contributed by atoms with Crippen molar-refractivity contribution in [3.63, 3.8) is 0 Å². The number of ether oxygens (including phenoxy) is 2. The summed E-state index contributed by atoms with van der Waals surface area (Å²) in [6.07, 6.45) is -7.78. The first-order valence-corrected chi connectivity index (χ1v) is 12.8. The molecule has 2 amide bonds. The lowest BCUT2D eigenvalue weighted by molar-refractivity contribution is -0.153. The molecule has 1 unspecified atom stereocenters. The highest BCUT2D eigenvalue weighted by Gasteiger charge is 2.64. The number of likely N-dealkylation sites (tertiary alicyclic amines) is 1. The molecule has 2 saturated carbocycles. The van der Waals surface area contributed by atoms with Crippen LogP contribution in [0, 0.1) is 17.2 Å². The van der Waals surface area contributed by atoms with Gasteiger partial charge in [0.1, 0.15) is 17.2 Å². The van der Waals surface area contributed by atoms with Gasteiger partial charge in [0, 0.05) is 25.5 Å². The van der Waals surface area contributed by atoms with E-state index in [0.29, 0.717) is 12.8 Å². The first-order valence-electron chi connectivity index (χ1n) is 10.9. The number of carbonyl (C=O) groups excluding carboxylic acids is 2. The highest BCUT2D eigenvalue weighted by molar-refractivity contribution is 7.92. The standard InChI is InChI=1S/C21H19ClF5N3O6S/c22-14-5-11(35-10-21(25,26)27)1-2-15(14)37(33,34)12-6-16(36-18(32)29-19(9-28)3-4-19)30(8-12)17(31)13-7-20(13,23)24/h1-2,5,12-13,16H,3-4,6-8,10H2,(H,29,32)/t12-,13?,16+/m1/s1. The van der Waals surface area contributed by atoms with Crippen LogP contribution in [0.2, 0.25) is 5.02 Å². The van der Waals surface area contributed by atoms with Crippen molar-refractivity contribution in [2.75, 3.05) is 13.2 Å². The Morgan fingerprint density at radius 1 is 1.27 bits per heavy atom. The maximum Gasteiger partial charge on any atom is 0.422 e. The second kappa shape index (κ2) is 9.16. The van der Waals surface area contributed by atoms with Gasteiger partial charge in [0.15, 0.2) is 22.7 Å². The summed E-state index contributed by atoms with van der Waals surface area (Å²) in [7, 11) is -4.38. The fourth-order valence-electron chi connectivity index (χ4n) is 3.90. The number of nitrogens with one attached hydrogen (secondary N) is 1. The summed E-state index contributed by atoms with van der Waals surface area (Å²) in [6.45, 7) is -2.23. The van der Waals surface area contributed by atoms with Crippen LogP contribution in [0.4, 0.5) is 26.7 Å². The zero-order valence-corrected chi connectivity index (χ0v) is 20.3. The molecule has 1 heterocycles. The molecule has 0 spiro atoms. The summed E-state index contributed by atoms with van der Waals surface area (Å²) in [5.41, 5.74) is -1.14. The number of nitrogens with zero attached hydrogens (tertiary/aromatic N) is 2. The van der Waals surface area contributed by atoms with Gasteiger partial charge in [-0.15, -0.1) is 0 Å². The Labute approximate surface area is 212 Å². The Kier molecular flexibility index (Phi) is 6.73. The zero-order valence-electron chi connectivity index (χ0n) is 18.7. The third kappa shape index (κ3) is 5.85. The van der Waals surface area contributed by atoms with E-state index in [1.165, 1.54) is 0 Å². The summed E-state index contributed by atoms with van der Waals surface area (Å²) in [5, 5.41) is 9.53. The van der Waals surface area contributed by atoms with Gasteiger partial charge < -0.3 is 19.7 Å². The third-order valence-electron chi connectivity index (χ3n) is 6.22. The predicted molar refractivity (Wildman–Crippen MR) is 114 cm³/mol. The first-order chi connectivity index (χ1) is 17.1. The van der Waals surface area contributed by atoms with Gasteiger partial charge in [0.2, 0.25) is 5.91 Å². The fraction of sp³-hybridized carbons (Fsp3) is 0.571. The van der Waals surface area contributed by atoms with Crippen LogP contribution >= 0.6 is 11.6 Å². The van der Waals surface area contributed by atoms with Crippen molar-refractivity contribution in [1.29, 1.82) is 5.26 Å². The molecule has 0 bridgehead atoms. The van der Waals surface area contributed by atoms with Crippen LogP contribution in [0.3, 0.4) is 0 Å². The van der Waals surface area contributed by atoms with E-state index in [1.807, 2.05) is 6.07 Å². The number of halogens is 6. The molecule has 3 fully saturated rings. The van der Waals surface area contributed by atoms with Crippen LogP contribution in [0.15, 0.2) is 23.1 Å². The molecule has 1 aromatic rings. The highest BCUT2D eigenvalue weighted by Crippen LogP contribution is 2.50. The van der Waals surface area contributed by atoms with Crippen molar-refractivity contribution in [3.8, 4) is 11.8 Å². The number of rotatable bonds is 7. The number of alkyl carbamates (subject to hydrolysis) is 1. The van der Waals surface area contributed by atoms with E-state index in [0.717, 1.165) is 23.1 Å². The van der Waals surface area contributed by atoms with E-state index in [4.69, 9.17) is 21.6 Å². The number of amides is 2. The Hall–Kier alpha value is -2.86. The summed E-state index contributed by atoms with van der Waals surface area (Å²) < 4.78 is 101. The van der Waals surface area contributed by atoms with Crippen molar-refractivity contribution in [1.82, 2.24) is 10.2 Å². The van der Waals surface area contributed by atoms with Crippen LogP contribution in [0.5, 0.6) is 5.75 Å². The van der Waals surface area contributed by atoms with Gasteiger partial charge in [0.25, 0.3) is 5.92 Å². The quantitative estimate of drug-likeness (QED) is 0.497. The minimum Gasteiger partial charge on any atom is -0.484 e. The molecule has 4 rings (SSSR count). The van der Waals surface area contributed by atoms with Gasteiger partial charge in [-0.05, 0) is 25.0 Å². The summed E-state index contributed by atoms with van der Waals surface area (Å²) in [5.74, 6) is -6.39. The maximum atomic E-state index is 13.6. The van der Waals surface area contributed by atoms with E-state index >= 15 is 0 Å². The van der Waals surface area contributed by atoms with Gasteiger partial charge in [-0.3, -0.25) is 4.79 Å². The molecule has 37 heavy (non-hydrogen) atoms. The Bertz CT molecular complexity index is 1260. The molecule has 9 nitrogen and oxygen atoms in total. The number of sulfone groups is 1. The van der Waals surface area contributed by atoms with Gasteiger partial charge in [-0.1, -0.05) is 11.6 Å². The fourth-order valence-corrected chi connectivity index (χ4v) is 6.11. The topological polar surface area (TPSA) is 126 Å². The van der Waals surface area contributed by atoms with E-state index in [1.54, 1.807) is 0 Å². The number of alkyl halides is 5. The monoisotopic (exact) mass is 571 g/mol. The van der Waals surface area contributed by atoms with Crippen LogP contribution in [-0.2, 0) is 19.4 Å². The third-order valence-corrected chi connectivity index (χ3v) is 8.83. The molecule has 3 aliphatic rings. The molecule has 2 aliphatic carbocycles. The average Bonchev–Trinajstić information content (AvgIpc) is 3.65. The van der Waals surface area contributed by atoms with Gasteiger partial charge in [-0.25, -0.2) is 22.0 Å². The second-order valence-electron chi connectivity index (χ2n) is 9.09. The molecule has 1 aromatic carbocycles. The van der Waals surface area contributed by atoms with Crippen molar-refractivity contribution in [2.45, 2.75) is 59.7 Å². The average molecular weight is 572 g/mol. The van der Waals surface area contributed by atoms with E-state index < -0.39 is 92.8 Å². The summed E-state index contributed by atoms with van der Waals surface area (Å²) in [6, 6.07) is 4.65. The van der Waals surface area contributed by atoms with Crippen molar-refractivity contribution >= 4 is 33.4 Å². The molecular formula is C21H19ClF5N3O6S. The second-order valence-corrected chi connectivity index (χ2v) is 11.7. The van der Waals surface area contributed by atoms with Crippen molar-refractivity contribution < 1.29 is 49.4 Å². The minimum atomic E-state index is -4.64. The summed E-state index contributed by atoms with van der Waals surface area (Å²) in [4.78, 5) is 25.3. The number of carbonyl (C=O) groups is 2. The van der Waals surface area contributed by atoms with Crippen LogP contribution in [0.25, 0.3) is 0 Å². The summed E-state index contributed by atoms with van der Waals surface area (Å²) >= 11 is 6.01. The molecule has 1 N–H and O–H groups in total. The number of benzene rings is 1. The zero-order chi connectivity index (χ0) is 27.4. The molecule has 0 aromatic heterocycles. The molecule has 3 atom stereocenters. The van der Waals surface area contributed by atoms with Gasteiger partial charge in [-0.2, -0.15) is 18.4 Å². The lowest BCUT2D eigenvalue weighted by Crippen LogP contribution is -2.44. The molecule has 16 heteroatoms. The van der Waals surface area contributed by atoms with Crippen molar-refractivity contribution in [2.24, 2.45) is 5.92 Å². The molecular weight excluding hydrogens is 553 g/mol. The Morgan fingerprint density at radius 2 is 1.92 bits per heavy atom. The SMILES string of the molecule is N#CC1(NC(=O)O[C@H]2C[C@@H](S(=O)(=O)c3ccc(OCC(F)(F)F)cc3Cl)CN2C(=O)C2CC2(F)F)CC1. The van der Waals surface area contributed by atoms with Crippen LogP contribution < -0.4 is 10.1 Å². The maximum absolute atomic E-state index is 13.6. The highest BCUT2D eigenvalue weighted by atomic mass is 35.5. The number of nitriles is 1. The van der Waals surface area contributed by atoms with Gasteiger partial charge >= 0.3 is 12.3 Å².